The van der Waals surface area contributed by atoms with Gasteiger partial charge in [0.15, 0.2) is 0 Å². The molecule has 1 aliphatic heterocycles. The molecule has 1 atom stereocenters. The molecule has 0 bridgehead atoms. The van der Waals surface area contributed by atoms with Crippen molar-refractivity contribution in [2.24, 2.45) is 0 Å². The molecule has 1 fully saturated rings. The molecular weight excluding hydrogens is 206 g/mol. The van der Waals surface area contributed by atoms with E-state index >= 15 is 0 Å². The van der Waals surface area contributed by atoms with E-state index in [0.29, 0.717) is 6.54 Å². The van der Waals surface area contributed by atoms with Gasteiger partial charge in [0.2, 0.25) is 11.8 Å². The van der Waals surface area contributed by atoms with Gasteiger partial charge in [0.25, 0.3) is 0 Å². The molecule has 0 saturated carbocycles. The van der Waals surface area contributed by atoms with E-state index in [4.69, 9.17) is 0 Å². The van der Waals surface area contributed by atoms with E-state index in [0.717, 1.165) is 11.4 Å². The van der Waals surface area contributed by atoms with Crippen LogP contribution in [0.25, 0.3) is 0 Å². The summed E-state index contributed by atoms with van der Waals surface area (Å²) in [5.41, 5.74) is 1.80. The van der Waals surface area contributed by atoms with Crippen molar-refractivity contribution < 1.29 is 9.59 Å². The van der Waals surface area contributed by atoms with Crippen molar-refractivity contribution in [3.8, 4) is 0 Å². The van der Waals surface area contributed by atoms with Gasteiger partial charge in [0.05, 0.1) is 18.2 Å². The van der Waals surface area contributed by atoms with Crippen molar-refractivity contribution in [2.75, 3.05) is 0 Å². The molecule has 5 heteroatoms. The van der Waals surface area contributed by atoms with Crippen molar-refractivity contribution in [1.29, 1.82) is 0 Å². The molecule has 1 saturated heterocycles. The summed E-state index contributed by atoms with van der Waals surface area (Å²) in [6.45, 7) is 2.41. The van der Waals surface area contributed by atoms with Crippen LogP contribution in [-0.4, -0.2) is 22.8 Å². The van der Waals surface area contributed by atoms with Crippen LogP contribution in [0.1, 0.15) is 17.8 Å². The van der Waals surface area contributed by atoms with Crippen LogP contribution in [0, 0.1) is 6.92 Å². The van der Waals surface area contributed by atoms with Crippen molar-refractivity contribution in [2.45, 2.75) is 25.9 Å². The van der Waals surface area contributed by atoms with Gasteiger partial charge < -0.3 is 0 Å². The minimum atomic E-state index is -0.421. The number of carbonyl (C=O) groups is 2. The van der Waals surface area contributed by atoms with Crippen LogP contribution < -0.4 is 10.6 Å². The normalized spacial score (nSPS) is 19.9. The Hall–Kier alpha value is -1.75. The Labute approximate surface area is 93.3 Å². The third kappa shape index (κ3) is 2.43. The first kappa shape index (κ1) is 10.8. The second-order valence-corrected chi connectivity index (χ2v) is 3.82. The van der Waals surface area contributed by atoms with Gasteiger partial charge in [-0.3, -0.25) is 25.2 Å². The highest BCUT2D eigenvalue weighted by Gasteiger charge is 2.29. The lowest BCUT2D eigenvalue weighted by Crippen LogP contribution is -2.36. The van der Waals surface area contributed by atoms with Crippen LogP contribution in [-0.2, 0) is 16.1 Å². The van der Waals surface area contributed by atoms with Gasteiger partial charge in [0.1, 0.15) is 0 Å². The van der Waals surface area contributed by atoms with Crippen molar-refractivity contribution in [3.63, 3.8) is 0 Å². The molecular formula is C11H13N3O2. The number of hydrogen-bond acceptors (Lipinski definition) is 4. The lowest BCUT2D eigenvalue weighted by atomic mass is 10.2. The topological polar surface area (TPSA) is 71.1 Å². The SMILES string of the molecule is Cc1cccc(CNC2CC(=O)NC2=O)n1. The minimum Gasteiger partial charge on any atom is -0.300 e. The number of hydrogen-bond donors (Lipinski definition) is 2. The first-order valence-corrected chi connectivity index (χ1v) is 5.15. The molecule has 2 heterocycles. The zero-order valence-electron chi connectivity index (χ0n) is 8.99. The van der Waals surface area contributed by atoms with Gasteiger partial charge in [0, 0.05) is 12.2 Å². The lowest BCUT2D eigenvalue weighted by Gasteiger charge is -2.08. The molecule has 0 aromatic carbocycles. The van der Waals surface area contributed by atoms with Crippen LogP contribution in [0.4, 0.5) is 0 Å². The summed E-state index contributed by atoms with van der Waals surface area (Å²) in [5.74, 6) is -0.475. The van der Waals surface area contributed by atoms with E-state index in [1.54, 1.807) is 0 Å². The maximum atomic E-state index is 11.3. The molecule has 1 aromatic rings. The summed E-state index contributed by atoms with van der Waals surface area (Å²) in [6, 6.07) is 5.29. The number of rotatable bonds is 3. The highest BCUT2D eigenvalue weighted by molar-refractivity contribution is 6.05. The van der Waals surface area contributed by atoms with E-state index in [2.05, 4.69) is 15.6 Å². The monoisotopic (exact) mass is 219 g/mol. The average Bonchev–Trinajstić information content (AvgIpc) is 2.54. The summed E-state index contributed by atoms with van der Waals surface area (Å²) in [6.07, 6.45) is 0.213. The third-order valence-corrected chi connectivity index (χ3v) is 2.44. The van der Waals surface area contributed by atoms with Gasteiger partial charge in [-0.2, -0.15) is 0 Å². The average molecular weight is 219 g/mol. The predicted octanol–water partition coefficient (Wildman–Crippen LogP) is -0.105. The van der Waals surface area contributed by atoms with Crippen LogP contribution in [0.15, 0.2) is 18.2 Å². The molecule has 16 heavy (non-hydrogen) atoms. The minimum absolute atomic E-state index is 0.213. The Kier molecular flexibility index (Phi) is 2.96. The molecule has 5 nitrogen and oxygen atoms in total. The molecule has 0 radical (unpaired) electrons. The maximum absolute atomic E-state index is 11.3. The van der Waals surface area contributed by atoms with E-state index in [1.165, 1.54) is 0 Å². The Balaban J connectivity index is 1.93. The number of aromatic nitrogens is 1. The van der Waals surface area contributed by atoms with Crippen molar-refractivity contribution >= 4 is 11.8 Å². The summed E-state index contributed by atoms with van der Waals surface area (Å²) < 4.78 is 0. The Bertz CT molecular complexity index is 431. The molecule has 0 spiro atoms. The molecule has 2 amide bonds. The summed E-state index contributed by atoms with van der Waals surface area (Å²) in [5, 5.41) is 5.26. The largest absolute Gasteiger partial charge is 0.300 e. The fourth-order valence-electron chi connectivity index (χ4n) is 1.64. The van der Waals surface area contributed by atoms with Crippen LogP contribution in [0.2, 0.25) is 0 Å². The van der Waals surface area contributed by atoms with Crippen molar-refractivity contribution in [3.05, 3.63) is 29.6 Å². The summed E-state index contributed by atoms with van der Waals surface area (Å²) >= 11 is 0. The number of nitrogens with zero attached hydrogens (tertiary/aromatic N) is 1. The van der Waals surface area contributed by atoms with E-state index < -0.39 is 6.04 Å². The summed E-state index contributed by atoms with van der Waals surface area (Å²) in [7, 11) is 0. The molecule has 2 rings (SSSR count). The van der Waals surface area contributed by atoms with Gasteiger partial charge in [-0.15, -0.1) is 0 Å². The lowest BCUT2D eigenvalue weighted by molar-refractivity contribution is -0.125. The van der Waals surface area contributed by atoms with E-state index in [9.17, 15) is 9.59 Å². The predicted molar refractivity (Wildman–Crippen MR) is 57.4 cm³/mol. The first-order valence-electron chi connectivity index (χ1n) is 5.15. The zero-order chi connectivity index (χ0) is 11.5. The fraction of sp³-hybridized carbons (Fsp3) is 0.364. The highest BCUT2D eigenvalue weighted by atomic mass is 16.2. The van der Waals surface area contributed by atoms with E-state index in [1.807, 2.05) is 25.1 Å². The van der Waals surface area contributed by atoms with Crippen LogP contribution in [0.3, 0.4) is 0 Å². The zero-order valence-corrected chi connectivity index (χ0v) is 8.99. The Morgan fingerprint density at radius 2 is 2.31 bits per heavy atom. The molecule has 1 aromatic heterocycles. The maximum Gasteiger partial charge on any atom is 0.244 e. The van der Waals surface area contributed by atoms with Gasteiger partial charge in [-0.1, -0.05) is 6.07 Å². The molecule has 2 N–H and O–H groups in total. The number of imide groups is 1. The summed E-state index contributed by atoms with van der Waals surface area (Å²) in [4.78, 5) is 26.5. The number of aryl methyl sites for hydroxylation is 1. The number of carbonyl (C=O) groups excluding carboxylic acids is 2. The number of amides is 2. The standard InChI is InChI=1S/C11H13N3O2/c1-7-3-2-4-8(13-7)6-12-9-5-10(15)14-11(9)16/h2-4,9,12H,5-6H2,1H3,(H,14,15,16). The first-order chi connectivity index (χ1) is 7.65. The highest BCUT2D eigenvalue weighted by Crippen LogP contribution is 2.03. The fourth-order valence-corrected chi connectivity index (χ4v) is 1.64. The van der Waals surface area contributed by atoms with E-state index in [-0.39, 0.29) is 18.2 Å². The van der Waals surface area contributed by atoms with Crippen LogP contribution >= 0.6 is 0 Å². The number of pyridine rings is 1. The smallest absolute Gasteiger partial charge is 0.244 e. The molecule has 84 valence electrons. The van der Waals surface area contributed by atoms with Gasteiger partial charge in [-0.25, -0.2) is 0 Å². The van der Waals surface area contributed by atoms with Crippen LogP contribution in [0.5, 0.6) is 0 Å². The second kappa shape index (κ2) is 4.40. The van der Waals surface area contributed by atoms with Gasteiger partial charge >= 0.3 is 0 Å². The van der Waals surface area contributed by atoms with Gasteiger partial charge in [-0.05, 0) is 19.1 Å². The van der Waals surface area contributed by atoms with Crippen molar-refractivity contribution in [1.82, 2.24) is 15.6 Å². The Morgan fingerprint density at radius 1 is 1.50 bits per heavy atom. The molecule has 0 aliphatic carbocycles. The quantitative estimate of drug-likeness (QED) is 0.696. The number of nitrogens with one attached hydrogen (secondary N) is 2. The Morgan fingerprint density at radius 3 is 2.94 bits per heavy atom. The second-order valence-electron chi connectivity index (χ2n) is 3.82. The molecule has 1 unspecified atom stereocenters. The molecule has 1 aliphatic rings. The third-order valence-electron chi connectivity index (χ3n) is 2.44.